The molecule has 1 amide bonds. The molecule has 3 unspecified atom stereocenters. The van der Waals surface area contributed by atoms with Crippen molar-refractivity contribution in [1.29, 1.82) is 0 Å². The Bertz CT molecular complexity index is 535. The second-order valence-electron chi connectivity index (χ2n) is 6.04. The number of rotatable bonds is 4. The van der Waals surface area contributed by atoms with Crippen molar-refractivity contribution in [3.05, 3.63) is 28.8 Å². The predicted octanol–water partition coefficient (Wildman–Crippen LogP) is 3.18. The molecular weight excluding hydrogens is 302 g/mol. The van der Waals surface area contributed by atoms with E-state index in [9.17, 15) is 9.90 Å². The van der Waals surface area contributed by atoms with Gasteiger partial charge in [0.15, 0.2) is 6.10 Å². The fraction of sp³-hybridized carbons (Fsp3) is 0.588. The molecule has 0 spiro atoms. The first kappa shape index (κ1) is 17.1. The van der Waals surface area contributed by atoms with E-state index in [4.69, 9.17) is 16.3 Å². The van der Waals surface area contributed by atoms with Gasteiger partial charge in [-0.1, -0.05) is 24.4 Å². The Morgan fingerprint density at radius 3 is 2.73 bits per heavy atom. The Morgan fingerprint density at radius 2 is 2.09 bits per heavy atom. The standard InChI is InChI=1S/C17H24ClNO3/c1-11-10-13(8-9-14(11)18)22-12(2)17(21)19(3)15-6-4-5-7-16(15)20/h8-10,12,15-16,20H,4-7H2,1-3H3. The summed E-state index contributed by atoms with van der Waals surface area (Å²) in [6.07, 6.45) is 2.64. The summed E-state index contributed by atoms with van der Waals surface area (Å²) in [4.78, 5) is 14.1. The maximum atomic E-state index is 12.5. The Morgan fingerprint density at radius 1 is 1.41 bits per heavy atom. The zero-order valence-corrected chi connectivity index (χ0v) is 14.1. The van der Waals surface area contributed by atoms with Gasteiger partial charge in [-0.3, -0.25) is 4.79 Å². The van der Waals surface area contributed by atoms with Crippen LogP contribution in [-0.2, 0) is 4.79 Å². The van der Waals surface area contributed by atoms with E-state index in [0.717, 1.165) is 31.2 Å². The van der Waals surface area contributed by atoms with Crippen LogP contribution in [0.4, 0.5) is 0 Å². The summed E-state index contributed by atoms with van der Waals surface area (Å²) in [5, 5.41) is 10.8. The van der Waals surface area contributed by atoms with Crippen LogP contribution in [0.15, 0.2) is 18.2 Å². The van der Waals surface area contributed by atoms with E-state index in [1.807, 2.05) is 13.0 Å². The van der Waals surface area contributed by atoms with Crippen LogP contribution < -0.4 is 4.74 Å². The number of hydrogen-bond donors (Lipinski definition) is 1. The number of halogens is 1. The molecule has 1 N–H and O–H groups in total. The number of nitrogens with zero attached hydrogens (tertiary/aromatic N) is 1. The van der Waals surface area contributed by atoms with Crippen LogP contribution in [-0.4, -0.2) is 41.2 Å². The summed E-state index contributed by atoms with van der Waals surface area (Å²) < 4.78 is 5.73. The third kappa shape index (κ3) is 3.93. The van der Waals surface area contributed by atoms with Crippen LogP contribution >= 0.6 is 11.6 Å². The number of aliphatic hydroxyl groups excluding tert-OH is 1. The predicted molar refractivity (Wildman–Crippen MR) is 87.3 cm³/mol. The van der Waals surface area contributed by atoms with E-state index in [2.05, 4.69) is 0 Å². The van der Waals surface area contributed by atoms with E-state index in [1.54, 1.807) is 31.0 Å². The van der Waals surface area contributed by atoms with Gasteiger partial charge in [-0.05, 0) is 50.5 Å². The first-order valence-corrected chi connectivity index (χ1v) is 8.15. The lowest BCUT2D eigenvalue weighted by atomic mass is 9.91. The number of aliphatic hydroxyl groups is 1. The molecule has 0 heterocycles. The molecule has 22 heavy (non-hydrogen) atoms. The maximum absolute atomic E-state index is 12.5. The minimum atomic E-state index is -0.597. The highest BCUT2D eigenvalue weighted by Gasteiger charge is 2.31. The van der Waals surface area contributed by atoms with Crippen molar-refractivity contribution in [2.24, 2.45) is 0 Å². The van der Waals surface area contributed by atoms with Gasteiger partial charge in [-0.25, -0.2) is 0 Å². The average Bonchev–Trinajstić information content (AvgIpc) is 2.50. The lowest BCUT2D eigenvalue weighted by molar-refractivity contribution is -0.142. The molecule has 1 aliphatic rings. The number of carbonyl (C=O) groups is 1. The van der Waals surface area contributed by atoms with Crippen LogP contribution in [0.2, 0.25) is 5.02 Å². The normalized spacial score (nSPS) is 23.0. The van der Waals surface area contributed by atoms with E-state index < -0.39 is 12.2 Å². The van der Waals surface area contributed by atoms with Crippen molar-refractivity contribution in [3.63, 3.8) is 0 Å². The topological polar surface area (TPSA) is 49.8 Å². The minimum Gasteiger partial charge on any atom is -0.481 e. The van der Waals surface area contributed by atoms with Crippen molar-refractivity contribution >= 4 is 17.5 Å². The van der Waals surface area contributed by atoms with Crippen LogP contribution in [0.3, 0.4) is 0 Å². The molecule has 1 aromatic rings. The Balaban J connectivity index is 2.00. The summed E-state index contributed by atoms with van der Waals surface area (Å²) >= 11 is 5.99. The number of amides is 1. The molecular formula is C17H24ClNO3. The van der Waals surface area contributed by atoms with Crippen molar-refractivity contribution in [1.82, 2.24) is 4.90 Å². The summed E-state index contributed by atoms with van der Waals surface area (Å²) in [5.74, 6) is 0.513. The van der Waals surface area contributed by atoms with Crippen molar-refractivity contribution in [3.8, 4) is 5.75 Å². The lowest BCUT2D eigenvalue weighted by Gasteiger charge is -2.36. The number of ether oxygens (including phenoxy) is 1. The van der Waals surface area contributed by atoms with Gasteiger partial charge in [0.1, 0.15) is 5.75 Å². The maximum Gasteiger partial charge on any atom is 0.263 e. The number of aryl methyl sites for hydroxylation is 1. The first-order chi connectivity index (χ1) is 10.4. The van der Waals surface area contributed by atoms with Crippen LogP contribution in [0.5, 0.6) is 5.75 Å². The number of likely N-dealkylation sites (N-methyl/N-ethyl adjacent to an activating group) is 1. The molecule has 1 aliphatic carbocycles. The molecule has 1 aromatic carbocycles. The highest BCUT2D eigenvalue weighted by Crippen LogP contribution is 2.25. The Labute approximate surface area is 137 Å². The molecule has 0 aliphatic heterocycles. The summed E-state index contributed by atoms with van der Waals surface area (Å²) in [7, 11) is 1.74. The average molecular weight is 326 g/mol. The van der Waals surface area contributed by atoms with Gasteiger partial charge >= 0.3 is 0 Å². The van der Waals surface area contributed by atoms with E-state index in [1.165, 1.54) is 0 Å². The van der Waals surface area contributed by atoms with E-state index >= 15 is 0 Å². The zero-order chi connectivity index (χ0) is 16.3. The smallest absolute Gasteiger partial charge is 0.263 e. The fourth-order valence-electron chi connectivity index (χ4n) is 2.94. The second-order valence-corrected chi connectivity index (χ2v) is 6.45. The molecule has 0 radical (unpaired) electrons. The van der Waals surface area contributed by atoms with Crippen molar-refractivity contribution in [2.45, 2.75) is 57.8 Å². The Kier molecular flexibility index (Phi) is 5.70. The highest BCUT2D eigenvalue weighted by atomic mass is 35.5. The van der Waals surface area contributed by atoms with Gasteiger partial charge in [0.05, 0.1) is 12.1 Å². The third-order valence-electron chi connectivity index (χ3n) is 4.33. The molecule has 1 saturated carbocycles. The quantitative estimate of drug-likeness (QED) is 0.925. The Hall–Kier alpha value is -1.26. The molecule has 0 saturated heterocycles. The lowest BCUT2D eigenvalue weighted by Crippen LogP contribution is -2.50. The SMILES string of the molecule is Cc1cc(OC(C)C(=O)N(C)C2CCCCC2O)ccc1Cl. The molecule has 0 aromatic heterocycles. The summed E-state index contributed by atoms with van der Waals surface area (Å²) in [6.45, 7) is 3.63. The largest absolute Gasteiger partial charge is 0.481 e. The van der Waals surface area contributed by atoms with Gasteiger partial charge in [-0.15, -0.1) is 0 Å². The summed E-state index contributed by atoms with van der Waals surface area (Å²) in [5.41, 5.74) is 0.912. The van der Waals surface area contributed by atoms with Crippen LogP contribution in [0.25, 0.3) is 0 Å². The second kappa shape index (κ2) is 7.34. The van der Waals surface area contributed by atoms with Gasteiger partial charge in [0.25, 0.3) is 5.91 Å². The van der Waals surface area contributed by atoms with Crippen molar-refractivity contribution < 1.29 is 14.6 Å². The van der Waals surface area contributed by atoms with Gasteiger partial charge in [0, 0.05) is 12.1 Å². The molecule has 2 rings (SSSR count). The summed E-state index contributed by atoms with van der Waals surface area (Å²) in [6, 6.07) is 5.23. The number of carbonyl (C=O) groups excluding carboxylic acids is 1. The third-order valence-corrected chi connectivity index (χ3v) is 4.75. The minimum absolute atomic E-state index is 0.112. The van der Waals surface area contributed by atoms with Gasteiger partial charge in [-0.2, -0.15) is 0 Å². The molecule has 4 nitrogen and oxygen atoms in total. The van der Waals surface area contributed by atoms with Crippen molar-refractivity contribution in [2.75, 3.05) is 7.05 Å². The number of benzene rings is 1. The monoisotopic (exact) mass is 325 g/mol. The number of hydrogen-bond acceptors (Lipinski definition) is 3. The first-order valence-electron chi connectivity index (χ1n) is 7.77. The van der Waals surface area contributed by atoms with E-state index in [-0.39, 0.29) is 11.9 Å². The molecule has 5 heteroatoms. The molecule has 1 fully saturated rings. The van der Waals surface area contributed by atoms with Gasteiger partial charge < -0.3 is 14.7 Å². The van der Waals surface area contributed by atoms with Gasteiger partial charge in [0.2, 0.25) is 0 Å². The highest BCUT2D eigenvalue weighted by molar-refractivity contribution is 6.31. The molecule has 122 valence electrons. The van der Waals surface area contributed by atoms with Crippen LogP contribution in [0, 0.1) is 6.92 Å². The van der Waals surface area contributed by atoms with E-state index in [0.29, 0.717) is 10.8 Å². The molecule has 0 bridgehead atoms. The fourth-order valence-corrected chi connectivity index (χ4v) is 3.06. The van der Waals surface area contributed by atoms with Crippen LogP contribution in [0.1, 0.15) is 38.2 Å². The zero-order valence-electron chi connectivity index (χ0n) is 13.4. The molecule has 3 atom stereocenters.